The molecule has 1 saturated carbocycles. The largest absolute Gasteiger partial charge is 0.460 e. The summed E-state index contributed by atoms with van der Waals surface area (Å²) in [5.41, 5.74) is 0.987. The number of rotatable bonds is 4. The number of hydrogen-bond donors (Lipinski definition) is 1. The van der Waals surface area contributed by atoms with Crippen LogP contribution in [0.15, 0.2) is 27.5 Å². The number of hydrogen-bond acceptors (Lipinski definition) is 6. The third kappa shape index (κ3) is 4.66. The molecule has 180 valence electrons. The standard InChI is InChI=1S/C24H32N2O6S/c1-3-31-24(28)22-16(2)19-15-17(11-12-21(19)32-22)33(29,30)26-14-7-5-4-6-13-25-23(27)18-9-8-10-20(18)26/h11-12,15,18,20H,3-10,13-14H2,1-2H3,(H,25,27)/t18-,20+/m1/s1. The predicted octanol–water partition coefficient (Wildman–Crippen LogP) is 3.77. The summed E-state index contributed by atoms with van der Waals surface area (Å²) in [7, 11) is -3.85. The maximum Gasteiger partial charge on any atom is 0.374 e. The van der Waals surface area contributed by atoms with E-state index < -0.39 is 16.0 Å². The highest BCUT2D eigenvalue weighted by molar-refractivity contribution is 7.89. The van der Waals surface area contributed by atoms with Crippen LogP contribution in [0.25, 0.3) is 11.0 Å². The van der Waals surface area contributed by atoms with Crippen molar-refractivity contribution in [3.63, 3.8) is 0 Å². The molecule has 1 saturated heterocycles. The lowest BCUT2D eigenvalue weighted by atomic mass is 10.0. The first kappa shape index (κ1) is 23.8. The van der Waals surface area contributed by atoms with Crippen molar-refractivity contribution in [2.24, 2.45) is 5.92 Å². The van der Waals surface area contributed by atoms with Crippen LogP contribution in [-0.2, 0) is 19.6 Å². The Labute approximate surface area is 194 Å². The molecule has 1 N–H and O–H groups in total. The first-order chi connectivity index (χ1) is 15.8. The van der Waals surface area contributed by atoms with Gasteiger partial charge in [-0.15, -0.1) is 0 Å². The van der Waals surface area contributed by atoms with Gasteiger partial charge in [-0.2, -0.15) is 4.31 Å². The number of sulfonamides is 1. The van der Waals surface area contributed by atoms with Crippen LogP contribution >= 0.6 is 0 Å². The lowest BCUT2D eigenvalue weighted by Crippen LogP contribution is -2.47. The van der Waals surface area contributed by atoms with E-state index in [1.807, 2.05) is 0 Å². The van der Waals surface area contributed by atoms with Gasteiger partial charge in [0, 0.05) is 30.1 Å². The molecule has 1 aromatic heterocycles. The van der Waals surface area contributed by atoms with Gasteiger partial charge in [0.05, 0.1) is 17.4 Å². The van der Waals surface area contributed by atoms with Gasteiger partial charge in [0.25, 0.3) is 0 Å². The molecule has 0 unspecified atom stereocenters. The van der Waals surface area contributed by atoms with E-state index in [-0.39, 0.29) is 35.1 Å². The fraction of sp³-hybridized carbons (Fsp3) is 0.583. The smallest absolute Gasteiger partial charge is 0.374 e. The number of nitrogens with one attached hydrogen (secondary N) is 1. The monoisotopic (exact) mass is 476 g/mol. The molecule has 9 heteroatoms. The van der Waals surface area contributed by atoms with Gasteiger partial charge in [0.2, 0.25) is 21.7 Å². The second kappa shape index (κ2) is 9.85. The van der Waals surface area contributed by atoms with Gasteiger partial charge in [-0.25, -0.2) is 13.2 Å². The van der Waals surface area contributed by atoms with Crippen molar-refractivity contribution >= 4 is 32.9 Å². The summed E-state index contributed by atoms with van der Waals surface area (Å²) < 4.78 is 40.0. The van der Waals surface area contributed by atoms with Crippen molar-refractivity contribution in [2.75, 3.05) is 19.7 Å². The van der Waals surface area contributed by atoms with Crippen LogP contribution in [0, 0.1) is 12.8 Å². The Morgan fingerprint density at radius 1 is 1.18 bits per heavy atom. The van der Waals surface area contributed by atoms with Crippen molar-refractivity contribution in [1.29, 1.82) is 0 Å². The molecule has 0 spiro atoms. The second-order valence-electron chi connectivity index (χ2n) is 8.86. The summed E-state index contributed by atoms with van der Waals surface area (Å²) in [5, 5.41) is 3.57. The van der Waals surface area contributed by atoms with E-state index in [0.29, 0.717) is 42.5 Å². The topological polar surface area (TPSA) is 106 Å². The molecule has 2 fully saturated rings. The van der Waals surface area contributed by atoms with E-state index in [2.05, 4.69) is 5.32 Å². The lowest BCUT2D eigenvalue weighted by Gasteiger charge is -2.31. The van der Waals surface area contributed by atoms with Gasteiger partial charge in [-0.05, 0) is 57.7 Å². The molecule has 1 aliphatic heterocycles. The Kier molecular flexibility index (Phi) is 7.09. The summed E-state index contributed by atoms with van der Waals surface area (Å²) in [6.45, 7) is 4.70. The number of ether oxygens (including phenoxy) is 1. The molecule has 33 heavy (non-hydrogen) atoms. The first-order valence-corrected chi connectivity index (χ1v) is 13.3. The van der Waals surface area contributed by atoms with Crippen LogP contribution in [0.5, 0.6) is 0 Å². The fourth-order valence-corrected chi connectivity index (χ4v) is 6.79. The Balaban J connectivity index is 1.72. The highest BCUT2D eigenvalue weighted by Crippen LogP contribution is 2.36. The summed E-state index contributed by atoms with van der Waals surface area (Å²) >= 11 is 0. The zero-order valence-corrected chi connectivity index (χ0v) is 20.1. The molecule has 8 nitrogen and oxygen atoms in total. The van der Waals surface area contributed by atoms with Crippen molar-refractivity contribution in [2.45, 2.75) is 69.7 Å². The zero-order valence-electron chi connectivity index (χ0n) is 19.3. The van der Waals surface area contributed by atoms with Gasteiger partial charge in [-0.3, -0.25) is 4.79 Å². The molecule has 2 aliphatic rings. The predicted molar refractivity (Wildman–Crippen MR) is 123 cm³/mol. The van der Waals surface area contributed by atoms with Gasteiger partial charge in [0.15, 0.2) is 0 Å². The third-order valence-corrected chi connectivity index (χ3v) is 8.69. The van der Waals surface area contributed by atoms with Crippen molar-refractivity contribution in [3.05, 3.63) is 29.5 Å². The quantitative estimate of drug-likeness (QED) is 0.674. The summed E-state index contributed by atoms with van der Waals surface area (Å²) in [5.74, 6) is -0.848. The van der Waals surface area contributed by atoms with Crippen molar-refractivity contribution in [3.8, 4) is 0 Å². The molecule has 2 atom stereocenters. The summed E-state index contributed by atoms with van der Waals surface area (Å²) in [6.07, 6.45) is 5.76. The molecule has 4 rings (SSSR count). The number of esters is 1. The van der Waals surface area contributed by atoms with Gasteiger partial charge in [0.1, 0.15) is 5.58 Å². The van der Waals surface area contributed by atoms with Gasteiger partial charge >= 0.3 is 5.97 Å². The van der Waals surface area contributed by atoms with Gasteiger partial charge in [-0.1, -0.05) is 19.3 Å². The Bertz CT molecular complexity index is 1140. The van der Waals surface area contributed by atoms with Crippen molar-refractivity contribution in [1.82, 2.24) is 9.62 Å². The van der Waals surface area contributed by atoms with Crippen LogP contribution < -0.4 is 5.32 Å². The highest BCUT2D eigenvalue weighted by atomic mass is 32.2. The maximum atomic E-state index is 13.9. The molecule has 1 aromatic carbocycles. The fourth-order valence-electron chi connectivity index (χ4n) is 5.03. The Morgan fingerprint density at radius 2 is 1.97 bits per heavy atom. The number of amides is 1. The van der Waals surface area contributed by atoms with Crippen LogP contribution in [0.3, 0.4) is 0 Å². The number of aryl methyl sites for hydroxylation is 1. The summed E-state index contributed by atoms with van der Waals surface area (Å²) in [6, 6.07) is 4.33. The minimum absolute atomic E-state index is 0.0418. The number of fused-ring (bicyclic) bond motifs is 2. The van der Waals surface area contributed by atoms with E-state index in [4.69, 9.17) is 9.15 Å². The van der Waals surface area contributed by atoms with Crippen LogP contribution in [0.1, 0.15) is 68.0 Å². The van der Waals surface area contributed by atoms with Crippen LogP contribution in [0.4, 0.5) is 0 Å². The van der Waals surface area contributed by atoms with Crippen LogP contribution in [0.2, 0.25) is 0 Å². The molecule has 2 aromatic rings. The molecular formula is C24H32N2O6S. The number of furan rings is 1. The second-order valence-corrected chi connectivity index (χ2v) is 10.8. The Morgan fingerprint density at radius 3 is 2.76 bits per heavy atom. The molecule has 1 aliphatic carbocycles. The Hall–Kier alpha value is -2.39. The lowest BCUT2D eigenvalue weighted by molar-refractivity contribution is -0.125. The summed E-state index contributed by atoms with van der Waals surface area (Å²) in [4.78, 5) is 25.1. The maximum absolute atomic E-state index is 13.9. The molecular weight excluding hydrogens is 444 g/mol. The SMILES string of the molecule is CCOC(=O)c1oc2ccc(S(=O)(=O)N3CCCCCCNC(=O)[C@@H]4CCC[C@@H]43)cc2c1C. The molecule has 1 amide bonds. The first-order valence-electron chi connectivity index (χ1n) is 11.8. The van der Waals surface area contributed by atoms with Crippen LogP contribution in [-0.4, -0.2) is 50.3 Å². The van der Waals surface area contributed by atoms with E-state index in [1.165, 1.54) is 6.07 Å². The van der Waals surface area contributed by atoms with E-state index in [9.17, 15) is 18.0 Å². The minimum Gasteiger partial charge on any atom is -0.460 e. The minimum atomic E-state index is -3.85. The number of carbonyl (C=O) groups excluding carboxylic acids is 2. The highest BCUT2D eigenvalue weighted by Gasteiger charge is 2.42. The number of nitrogens with zero attached hydrogens (tertiary/aromatic N) is 1. The number of benzene rings is 1. The molecule has 0 bridgehead atoms. The average Bonchev–Trinajstić information content (AvgIpc) is 3.39. The number of carbonyl (C=O) groups is 2. The third-order valence-electron chi connectivity index (χ3n) is 6.77. The zero-order chi connectivity index (χ0) is 23.6. The molecule has 0 radical (unpaired) electrons. The van der Waals surface area contributed by atoms with Gasteiger partial charge < -0.3 is 14.5 Å². The van der Waals surface area contributed by atoms with E-state index >= 15 is 0 Å². The van der Waals surface area contributed by atoms with E-state index in [0.717, 1.165) is 32.1 Å². The average molecular weight is 477 g/mol. The normalized spacial score (nSPS) is 23.0. The molecule has 2 heterocycles. The van der Waals surface area contributed by atoms with Crippen molar-refractivity contribution < 1.29 is 27.2 Å². The van der Waals surface area contributed by atoms with E-state index in [1.54, 1.807) is 30.3 Å².